The fourth-order valence-electron chi connectivity index (χ4n) is 2.25. The number of imidazole rings is 1. The molecule has 0 atom stereocenters. The molecular weight excluding hydrogens is 258 g/mol. The van der Waals surface area contributed by atoms with Crippen molar-refractivity contribution < 1.29 is 4.79 Å². The molecule has 2 rings (SSSR count). The van der Waals surface area contributed by atoms with Crippen LogP contribution >= 0.6 is 11.8 Å². The Morgan fingerprint density at radius 3 is 2.53 bits per heavy atom. The summed E-state index contributed by atoms with van der Waals surface area (Å²) in [5.41, 5.74) is 9.92. The molecule has 0 aliphatic carbocycles. The van der Waals surface area contributed by atoms with Crippen LogP contribution in [0.5, 0.6) is 0 Å². The molecule has 0 aliphatic rings. The summed E-state index contributed by atoms with van der Waals surface area (Å²) < 4.78 is 2.01. The van der Waals surface area contributed by atoms with Crippen LogP contribution in [0, 0.1) is 20.8 Å². The average Bonchev–Trinajstić information content (AvgIpc) is 2.73. The molecule has 0 radical (unpaired) electrons. The van der Waals surface area contributed by atoms with E-state index in [2.05, 4.69) is 37.9 Å². The van der Waals surface area contributed by atoms with Crippen molar-refractivity contribution in [2.24, 2.45) is 5.73 Å². The molecule has 4 nitrogen and oxygen atoms in total. The summed E-state index contributed by atoms with van der Waals surface area (Å²) in [6.07, 6.45) is 3.65. The number of nitrogens with two attached hydrogens (primary N) is 1. The van der Waals surface area contributed by atoms with Crippen LogP contribution in [-0.4, -0.2) is 21.2 Å². The highest BCUT2D eigenvalue weighted by Crippen LogP contribution is 2.26. The molecule has 1 aromatic carbocycles. The second kappa shape index (κ2) is 5.48. The second-order valence-electron chi connectivity index (χ2n) is 4.58. The van der Waals surface area contributed by atoms with Crippen molar-refractivity contribution in [2.75, 3.05) is 5.75 Å². The molecule has 0 saturated carbocycles. The molecule has 1 heterocycles. The van der Waals surface area contributed by atoms with Gasteiger partial charge < -0.3 is 5.73 Å². The highest BCUT2D eigenvalue weighted by molar-refractivity contribution is 7.99. The summed E-state index contributed by atoms with van der Waals surface area (Å²) in [6.45, 7) is 6.25. The summed E-state index contributed by atoms with van der Waals surface area (Å²) in [4.78, 5) is 15.2. The minimum atomic E-state index is -0.336. The third-order valence-corrected chi connectivity index (χ3v) is 3.82. The number of aryl methyl sites for hydroxylation is 3. The highest BCUT2D eigenvalue weighted by atomic mass is 32.2. The number of amides is 1. The molecule has 0 bridgehead atoms. The number of primary amides is 1. The lowest BCUT2D eigenvalue weighted by Crippen LogP contribution is -2.13. The number of nitrogens with zero attached hydrogens (tertiary/aromatic N) is 2. The lowest BCUT2D eigenvalue weighted by molar-refractivity contribution is -0.115. The van der Waals surface area contributed by atoms with Gasteiger partial charge in [0.05, 0.1) is 11.4 Å². The van der Waals surface area contributed by atoms with Crippen molar-refractivity contribution in [1.82, 2.24) is 9.55 Å². The number of carbonyl (C=O) groups is 1. The maximum absolute atomic E-state index is 10.9. The maximum atomic E-state index is 10.9. The van der Waals surface area contributed by atoms with Gasteiger partial charge in [-0.15, -0.1) is 0 Å². The van der Waals surface area contributed by atoms with E-state index < -0.39 is 0 Å². The number of thioether (sulfide) groups is 1. The first-order valence-electron chi connectivity index (χ1n) is 6.01. The van der Waals surface area contributed by atoms with E-state index >= 15 is 0 Å². The zero-order valence-electron chi connectivity index (χ0n) is 11.3. The van der Waals surface area contributed by atoms with Gasteiger partial charge in [0.1, 0.15) is 0 Å². The van der Waals surface area contributed by atoms with Gasteiger partial charge in [0.15, 0.2) is 5.16 Å². The number of aromatic nitrogens is 2. The van der Waals surface area contributed by atoms with E-state index in [9.17, 15) is 4.79 Å². The van der Waals surface area contributed by atoms with Gasteiger partial charge in [-0.3, -0.25) is 9.36 Å². The molecule has 0 unspecified atom stereocenters. The predicted octanol–water partition coefficient (Wildman–Crippen LogP) is 2.37. The largest absolute Gasteiger partial charge is 0.369 e. The zero-order valence-corrected chi connectivity index (χ0v) is 12.1. The van der Waals surface area contributed by atoms with Gasteiger partial charge in [-0.1, -0.05) is 29.5 Å². The monoisotopic (exact) mass is 275 g/mol. The first-order chi connectivity index (χ1) is 8.99. The van der Waals surface area contributed by atoms with E-state index in [0.29, 0.717) is 0 Å². The van der Waals surface area contributed by atoms with Crippen LogP contribution in [0.1, 0.15) is 16.7 Å². The Kier molecular flexibility index (Phi) is 3.95. The Labute approximate surface area is 117 Å². The van der Waals surface area contributed by atoms with E-state index in [-0.39, 0.29) is 11.7 Å². The van der Waals surface area contributed by atoms with Crippen LogP contribution in [0.3, 0.4) is 0 Å². The third kappa shape index (κ3) is 2.98. The van der Waals surface area contributed by atoms with Crippen LogP contribution < -0.4 is 5.73 Å². The Hall–Kier alpha value is -1.75. The number of hydrogen-bond donors (Lipinski definition) is 1. The molecule has 19 heavy (non-hydrogen) atoms. The third-order valence-electron chi connectivity index (χ3n) is 2.83. The number of carbonyl (C=O) groups excluding carboxylic acids is 1. The van der Waals surface area contributed by atoms with Gasteiger partial charge in [-0.05, 0) is 31.9 Å². The Balaban J connectivity index is 2.43. The van der Waals surface area contributed by atoms with Gasteiger partial charge in [0.2, 0.25) is 5.91 Å². The van der Waals surface area contributed by atoms with Crippen molar-refractivity contribution in [2.45, 2.75) is 25.9 Å². The molecule has 2 aromatic rings. The maximum Gasteiger partial charge on any atom is 0.227 e. The normalized spacial score (nSPS) is 10.7. The van der Waals surface area contributed by atoms with E-state index in [4.69, 9.17) is 5.73 Å². The first kappa shape index (κ1) is 13.7. The van der Waals surface area contributed by atoms with E-state index in [1.54, 1.807) is 6.20 Å². The van der Waals surface area contributed by atoms with Gasteiger partial charge in [0, 0.05) is 12.4 Å². The van der Waals surface area contributed by atoms with Crippen molar-refractivity contribution in [3.8, 4) is 5.69 Å². The fraction of sp³-hybridized carbons (Fsp3) is 0.286. The molecule has 5 heteroatoms. The van der Waals surface area contributed by atoms with Crippen molar-refractivity contribution in [3.63, 3.8) is 0 Å². The first-order valence-corrected chi connectivity index (χ1v) is 7.00. The summed E-state index contributed by atoms with van der Waals surface area (Å²) in [5.74, 6) is -0.0991. The predicted molar refractivity (Wildman–Crippen MR) is 77.7 cm³/mol. The molecule has 1 aromatic heterocycles. The zero-order chi connectivity index (χ0) is 14.0. The molecular formula is C14H17N3OS. The van der Waals surface area contributed by atoms with Crippen LogP contribution in [0.4, 0.5) is 0 Å². The van der Waals surface area contributed by atoms with Gasteiger partial charge in [0.25, 0.3) is 0 Å². The minimum Gasteiger partial charge on any atom is -0.369 e. The van der Waals surface area contributed by atoms with Crippen LogP contribution in [0.15, 0.2) is 29.7 Å². The summed E-state index contributed by atoms with van der Waals surface area (Å²) in [7, 11) is 0. The Bertz CT molecular complexity index is 596. The van der Waals surface area contributed by atoms with Crippen molar-refractivity contribution in [3.05, 3.63) is 41.2 Å². The van der Waals surface area contributed by atoms with E-state index in [0.717, 1.165) is 10.8 Å². The molecule has 0 spiro atoms. The standard InChI is InChI=1S/C14H17N3OS/c1-9-6-10(2)13(11(3)7-9)17-5-4-16-14(17)19-8-12(15)18/h4-7H,8H2,1-3H3,(H2,15,18). The van der Waals surface area contributed by atoms with Gasteiger partial charge in [-0.25, -0.2) is 4.98 Å². The summed E-state index contributed by atoms with van der Waals surface area (Å²) in [5, 5.41) is 0.786. The topological polar surface area (TPSA) is 60.9 Å². The Morgan fingerprint density at radius 1 is 1.32 bits per heavy atom. The lowest BCUT2D eigenvalue weighted by atomic mass is 10.1. The SMILES string of the molecule is Cc1cc(C)c(-n2ccnc2SCC(N)=O)c(C)c1. The van der Waals surface area contributed by atoms with E-state index in [1.165, 1.54) is 28.5 Å². The minimum absolute atomic E-state index is 0.237. The van der Waals surface area contributed by atoms with Crippen LogP contribution in [0.2, 0.25) is 0 Å². The number of benzene rings is 1. The molecule has 0 fully saturated rings. The molecule has 0 saturated heterocycles. The summed E-state index contributed by atoms with van der Waals surface area (Å²) >= 11 is 1.36. The fourth-order valence-corrected chi connectivity index (χ4v) is 2.95. The molecule has 1 amide bonds. The van der Waals surface area contributed by atoms with Gasteiger partial charge in [-0.2, -0.15) is 0 Å². The smallest absolute Gasteiger partial charge is 0.227 e. The van der Waals surface area contributed by atoms with E-state index in [1.807, 2.05) is 10.8 Å². The number of rotatable bonds is 4. The molecule has 100 valence electrons. The molecule has 2 N–H and O–H groups in total. The number of hydrogen-bond acceptors (Lipinski definition) is 3. The van der Waals surface area contributed by atoms with Crippen molar-refractivity contribution >= 4 is 17.7 Å². The van der Waals surface area contributed by atoms with Gasteiger partial charge >= 0.3 is 0 Å². The highest BCUT2D eigenvalue weighted by Gasteiger charge is 2.11. The molecule has 0 aliphatic heterocycles. The van der Waals surface area contributed by atoms with Crippen LogP contribution in [0.25, 0.3) is 5.69 Å². The van der Waals surface area contributed by atoms with Crippen LogP contribution in [-0.2, 0) is 4.79 Å². The van der Waals surface area contributed by atoms with Crippen molar-refractivity contribution in [1.29, 1.82) is 0 Å². The Morgan fingerprint density at radius 2 is 1.95 bits per heavy atom. The average molecular weight is 275 g/mol. The summed E-state index contributed by atoms with van der Waals surface area (Å²) in [6, 6.07) is 4.29. The second-order valence-corrected chi connectivity index (χ2v) is 5.52. The quantitative estimate of drug-likeness (QED) is 0.871. The lowest BCUT2D eigenvalue weighted by Gasteiger charge is -2.14.